The van der Waals surface area contributed by atoms with Crippen LogP contribution in [0.5, 0.6) is 0 Å². The maximum Gasteiger partial charge on any atom is 0.240 e. The average Bonchev–Trinajstić information content (AvgIpc) is 3.01. The van der Waals surface area contributed by atoms with Gasteiger partial charge in [0.1, 0.15) is 11.5 Å². The third-order valence-electron chi connectivity index (χ3n) is 4.25. The van der Waals surface area contributed by atoms with Gasteiger partial charge in [-0.25, -0.2) is 0 Å². The van der Waals surface area contributed by atoms with Gasteiger partial charge >= 0.3 is 0 Å². The molecule has 1 aromatic heterocycles. The number of amides is 1. The zero-order valence-corrected chi connectivity index (χ0v) is 11.9. The molecule has 2 fully saturated rings. The summed E-state index contributed by atoms with van der Waals surface area (Å²) in [4.78, 5) is 14.4. The molecule has 2 unspecified atom stereocenters. The molecule has 4 nitrogen and oxygen atoms in total. The predicted molar refractivity (Wildman–Crippen MR) is 72.9 cm³/mol. The van der Waals surface area contributed by atoms with Crippen LogP contribution in [-0.4, -0.2) is 29.4 Å². The van der Waals surface area contributed by atoms with E-state index in [9.17, 15) is 4.79 Å². The van der Waals surface area contributed by atoms with Crippen molar-refractivity contribution in [1.29, 1.82) is 0 Å². The highest BCUT2D eigenvalue weighted by atomic mass is 16.3. The van der Waals surface area contributed by atoms with Crippen molar-refractivity contribution in [2.75, 3.05) is 6.54 Å². The molecule has 1 amide bonds. The van der Waals surface area contributed by atoms with Gasteiger partial charge in [-0.15, -0.1) is 0 Å². The van der Waals surface area contributed by atoms with Crippen LogP contribution in [0.25, 0.3) is 0 Å². The van der Waals surface area contributed by atoms with Crippen LogP contribution >= 0.6 is 0 Å². The SMILES string of the molecule is Cc1cc(C(C)N2CCC(NC3CC3)C2=O)c(C)o1. The number of carbonyl (C=O) groups excluding carboxylic acids is 1. The fraction of sp³-hybridized carbons (Fsp3) is 0.667. The molecule has 1 aliphatic heterocycles. The first-order valence-electron chi connectivity index (χ1n) is 7.19. The lowest BCUT2D eigenvalue weighted by molar-refractivity contribution is -0.131. The van der Waals surface area contributed by atoms with Crippen molar-refractivity contribution >= 4 is 5.91 Å². The number of aryl methyl sites for hydroxylation is 2. The molecule has 0 bridgehead atoms. The summed E-state index contributed by atoms with van der Waals surface area (Å²) in [5.74, 6) is 2.09. The molecular formula is C15H22N2O2. The highest BCUT2D eigenvalue weighted by molar-refractivity contribution is 5.84. The lowest BCUT2D eigenvalue weighted by atomic mass is 10.1. The summed E-state index contributed by atoms with van der Waals surface area (Å²) >= 11 is 0. The van der Waals surface area contributed by atoms with Gasteiger partial charge < -0.3 is 14.6 Å². The van der Waals surface area contributed by atoms with E-state index in [1.54, 1.807) is 0 Å². The summed E-state index contributed by atoms with van der Waals surface area (Å²) in [6, 6.07) is 2.77. The number of rotatable bonds is 4. The van der Waals surface area contributed by atoms with E-state index < -0.39 is 0 Å². The zero-order valence-electron chi connectivity index (χ0n) is 11.9. The Labute approximate surface area is 114 Å². The van der Waals surface area contributed by atoms with Gasteiger partial charge in [0.05, 0.1) is 12.1 Å². The second-order valence-corrected chi connectivity index (χ2v) is 5.86. The average molecular weight is 262 g/mol. The maximum absolute atomic E-state index is 12.4. The fourth-order valence-electron chi connectivity index (χ4n) is 3.01. The van der Waals surface area contributed by atoms with E-state index in [0.29, 0.717) is 6.04 Å². The van der Waals surface area contributed by atoms with E-state index in [2.05, 4.69) is 18.3 Å². The van der Waals surface area contributed by atoms with Gasteiger partial charge in [-0.2, -0.15) is 0 Å². The summed E-state index contributed by atoms with van der Waals surface area (Å²) in [5.41, 5.74) is 1.14. The van der Waals surface area contributed by atoms with Crippen molar-refractivity contribution in [3.8, 4) is 0 Å². The minimum atomic E-state index is 0.0308. The van der Waals surface area contributed by atoms with E-state index in [-0.39, 0.29) is 18.0 Å². The van der Waals surface area contributed by atoms with E-state index in [1.165, 1.54) is 12.8 Å². The van der Waals surface area contributed by atoms with Crippen LogP contribution in [0.15, 0.2) is 10.5 Å². The second kappa shape index (κ2) is 4.67. The minimum absolute atomic E-state index is 0.0308. The Kier molecular flexibility index (Phi) is 3.13. The molecule has 1 N–H and O–H groups in total. The molecule has 0 spiro atoms. The van der Waals surface area contributed by atoms with Crippen molar-refractivity contribution in [2.45, 2.75) is 58.2 Å². The van der Waals surface area contributed by atoms with E-state index in [0.717, 1.165) is 30.0 Å². The number of nitrogens with one attached hydrogen (secondary N) is 1. The van der Waals surface area contributed by atoms with E-state index in [1.807, 2.05) is 18.7 Å². The Balaban J connectivity index is 1.71. The molecule has 3 rings (SSSR count). The number of carbonyl (C=O) groups is 1. The Morgan fingerprint density at radius 2 is 2.11 bits per heavy atom. The molecule has 0 radical (unpaired) electrons. The van der Waals surface area contributed by atoms with Crippen LogP contribution in [0.3, 0.4) is 0 Å². The highest BCUT2D eigenvalue weighted by Gasteiger charge is 2.38. The first kappa shape index (κ1) is 12.7. The fourth-order valence-corrected chi connectivity index (χ4v) is 3.01. The number of hydrogen-bond acceptors (Lipinski definition) is 3. The lowest BCUT2D eigenvalue weighted by Gasteiger charge is -2.24. The van der Waals surface area contributed by atoms with Gasteiger partial charge in [0.2, 0.25) is 5.91 Å². The molecule has 1 aliphatic carbocycles. The first-order valence-corrected chi connectivity index (χ1v) is 7.19. The van der Waals surface area contributed by atoms with Gasteiger partial charge in [-0.1, -0.05) is 0 Å². The van der Waals surface area contributed by atoms with Crippen molar-refractivity contribution in [3.05, 3.63) is 23.2 Å². The van der Waals surface area contributed by atoms with Gasteiger partial charge in [-0.05, 0) is 46.1 Å². The molecule has 0 aromatic carbocycles. The van der Waals surface area contributed by atoms with Crippen molar-refractivity contribution in [2.24, 2.45) is 0 Å². The van der Waals surface area contributed by atoms with Crippen LogP contribution in [0.1, 0.15) is 49.3 Å². The zero-order chi connectivity index (χ0) is 13.6. The number of furan rings is 1. The molecule has 4 heteroatoms. The normalized spacial score (nSPS) is 25.1. The van der Waals surface area contributed by atoms with E-state index in [4.69, 9.17) is 4.42 Å². The summed E-state index contributed by atoms with van der Waals surface area (Å²) in [6.45, 7) is 6.86. The quantitative estimate of drug-likeness (QED) is 0.905. The van der Waals surface area contributed by atoms with Gasteiger partial charge in [0, 0.05) is 18.2 Å². The third-order valence-corrected chi connectivity index (χ3v) is 4.25. The number of nitrogens with zero attached hydrogens (tertiary/aromatic N) is 1. The Morgan fingerprint density at radius 3 is 2.68 bits per heavy atom. The smallest absolute Gasteiger partial charge is 0.240 e. The third kappa shape index (κ3) is 2.41. The lowest BCUT2D eigenvalue weighted by Crippen LogP contribution is -2.40. The summed E-state index contributed by atoms with van der Waals surface area (Å²) in [7, 11) is 0. The summed E-state index contributed by atoms with van der Waals surface area (Å²) < 4.78 is 5.58. The summed E-state index contributed by atoms with van der Waals surface area (Å²) in [6.07, 6.45) is 3.37. The molecule has 1 saturated carbocycles. The van der Waals surface area contributed by atoms with Crippen LogP contribution in [0, 0.1) is 13.8 Å². The second-order valence-electron chi connectivity index (χ2n) is 5.86. The van der Waals surface area contributed by atoms with Crippen LogP contribution in [0.2, 0.25) is 0 Å². The van der Waals surface area contributed by atoms with Gasteiger partial charge in [0.25, 0.3) is 0 Å². The molecule has 2 heterocycles. The van der Waals surface area contributed by atoms with Crippen molar-refractivity contribution in [3.63, 3.8) is 0 Å². The Hall–Kier alpha value is -1.29. The molecule has 104 valence electrons. The Bertz CT molecular complexity index is 490. The minimum Gasteiger partial charge on any atom is -0.466 e. The van der Waals surface area contributed by atoms with Crippen molar-refractivity contribution < 1.29 is 9.21 Å². The molecule has 1 aromatic rings. The van der Waals surface area contributed by atoms with Crippen LogP contribution in [0.4, 0.5) is 0 Å². The molecule has 2 atom stereocenters. The van der Waals surface area contributed by atoms with Gasteiger partial charge in [-0.3, -0.25) is 4.79 Å². The Morgan fingerprint density at radius 1 is 1.37 bits per heavy atom. The molecular weight excluding hydrogens is 240 g/mol. The van der Waals surface area contributed by atoms with Crippen molar-refractivity contribution in [1.82, 2.24) is 10.2 Å². The largest absolute Gasteiger partial charge is 0.466 e. The maximum atomic E-state index is 12.4. The number of likely N-dealkylation sites (tertiary alicyclic amines) is 1. The molecule has 1 saturated heterocycles. The molecule has 19 heavy (non-hydrogen) atoms. The summed E-state index contributed by atoms with van der Waals surface area (Å²) in [5, 5.41) is 3.44. The van der Waals surface area contributed by atoms with E-state index >= 15 is 0 Å². The first-order chi connectivity index (χ1) is 9.06. The van der Waals surface area contributed by atoms with Gasteiger partial charge in [0.15, 0.2) is 0 Å². The predicted octanol–water partition coefficient (Wildman–Crippen LogP) is 2.31. The topological polar surface area (TPSA) is 45.5 Å². The standard InChI is InChI=1S/C15H22N2O2/c1-9-8-13(11(3)19-9)10(2)17-7-6-14(15(17)18)16-12-4-5-12/h8,10,12,14,16H,4-7H2,1-3H3. The van der Waals surface area contributed by atoms with Crippen LogP contribution in [-0.2, 0) is 4.79 Å². The van der Waals surface area contributed by atoms with Crippen LogP contribution < -0.4 is 5.32 Å². The number of hydrogen-bond donors (Lipinski definition) is 1. The monoisotopic (exact) mass is 262 g/mol. The molecule has 2 aliphatic rings. The highest BCUT2D eigenvalue weighted by Crippen LogP contribution is 2.31.